The SMILES string of the molecule is CCCCCCCCCC1CCC(C)(C)CC1(CC=O)OC. The van der Waals surface area contributed by atoms with Gasteiger partial charge >= 0.3 is 0 Å². The van der Waals surface area contributed by atoms with Crippen LogP contribution in [0.25, 0.3) is 0 Å². The van der Waals surface area contributed by atoms with E-state index in [1.165, 1.54) is 64.2 Å². The fourth-order valence-electron chi connectivity index (χ4n) is 4.33. The highest BCUT2D eigenvalue weighted by atomic mass is 16.5. The second kappa shape index (κ2) is 9.70. The van der Waals surface area contributed by atoms with Gasteiger partial charge in [-0.25, -0.2) is 0 Å². The van der Waals surface area contributed by atoms with Crippen molar-refractivity contribution >= 4 is 6.29 Å². The van der Waals surface area contributed by atoms with Crippen molar-refractivity contribution in [2.45, 2.75) is 103 Å². The van der Waals surface area contributed by atoms with E-state index in [0.717, 1.165) is 12.7 Å². The van der Waals surface area contributed by atoms with Crippen LogP contribution in [0.15, 0.2) is 0 Å². The summed E-state index contributed by atoms with van der Waals surface area (Å²) in [5.41, 5.74) is 0.0986. The van der Waals surface area contributed by atoms with Crippen LogP contribution in [0.1, 0.15) is 97.8 Å². The molecule has 0 aromatic rings. The van der Waals surface area contributed by atoms with Crippen molar-refractivity contribution in [3.8, 4) is 0 Å². The quantitative estimate of drug-likeness (QED) is 0.349. The molecule has 2 atom stereocenters. The predicted molar refractivity (Wildman–Crippen MR) is 94.2 cm³/mol. The molecule has 0 aromatic carbocycles. The van der Waals surface area contributed by atoms with Crippen LogP contribution in [0.5, 0.6) is 0 Å². The van der Waals surface area contributed by atoms with Crippen molar-refractivity contribution in [1.29, 1.82) is 0 Å². The summed E-state index contributed by atoms with van der Waals surface area (Å²) < 4.78 is 5.95. The number of carbonyl (C=O) groups excluding carboxylic acids is 1. The lowest BCUT2D eigenvalue weighted by molar-refractivity contribution is -0.135. The zero-order chi connectivity index (χ0) is 16.5. The average Bonchev–Trinajstić information content (AvgIpc) is 2.48. The molecule has 22 heavy (non-hydrogen) atoms. The average molecular weight is 311 g/mol. The van der Waals surface area contributed by atoms with E-state index in [9.17, 15) is 4.79 Å². The van der Waals surface area contributed by atoms with E-state index in [4.69, 9.17) is 4.74 Å². The largest absolute Gasteiger partial charge is 0.377 e. The Morgan fingerprint density at radius 2 is 1.73 bits per heavy atom. The van der Waals surface area contributed by atoms with E-state index in [0.29, 0.717) is 17.8 Å². The fourth-order valence-corrected chi connectivity index (χ4v) is 4.33. The van der Waals surface area contributed by atoms with Crippen molar-refractivity contribution in [3.05, 3.63) is 0 Å². The van der Waals surface area contributed by atoms with Crippen LogP contribution in [0.3, 0.4) is 0 Å². The maximum absolute atomic E-state index is 11.2. The summed E-state index contributed by atoms with van der Waals surface area (Å²) in [5, 5.41) is 0. The zero-order valence-corrected chi connectivity index (χ0v) is 15.5. The molecule has 2 nitrogen and oxygen atoms in total. The van der Waals surface area contributed by atoms with Gasteiger partial charge in [-0.2, -0.15) is 0 Å². The van der Waals surface area contributed by atoms with Crippen LogP contribution in [-0.4, -0.2) is 19.0 Å². The number of aldehydes is 1. The molecular weight excluding hydrogens is 272 g/mol. The monoisotopic (exact) mass is 310 g/mol. The van der Waals surface area contributed by atoms with Gasteiger partial charge in [0.1, 0.15) is 6.29 Å². The molecule has 2 heteroatoms. The zero-order valence-electron chi connectivity index (χ0n) is 15.5. The Morgan fingerprint density at radius 3 is 2.32 bits per heavy atom. The number of methoxy groups -OCH3 is 1. The van der Waals surface area contributed by atoms with E-state index >= 15 is 0 Å². The van der Waals surface area contributed by atoms with Crippen molar-refractivity contribution in [2.24, 2.45) is 11.3 Å². The Balaban J connectivity index is 2.43. The lowest BCUT2D eigenvalue weighted by Crippen LogP contribution is -2.48. The van der Waals surface area contributed by atoms with Crippen LogP contribution in [-0.2, 0) is 9.53 Å². The van der Waals surface area contributed by atoms with Gasteiger partial charge in [0.05, 0.1) is 5.60 Å². The normalized spacial score (nSPS) is 27.7. The topological polar surface area (TPSA) is 26.3 Å². The third-order valence-electron chi connectivity index (χ3n) is 5.68. The van der Waals surface area contributed by atoms with E-state index in [-0.39, 0.29) is 5.60 Å². The summed E-state index contributed by atoms with van der Waals surface area (Å²) in [6, 6.07) is 0. The molecule has 0 amide bonds. The van der Waals surface area contributed by atoms with Crippen molar-refractivity contribution in [3.63, 3.8) is 0 Å². The number of carbonyl (C=O) groups is 1. The molecule has 1 rings (SSSR count). The first-order valence-corrected chi connectivity index (χ1v) is 9.48. The second-order valence-corrected chi connectivity index (χ2v) is 8.13. The molecule has 0 radical (unpaired) electrons. The molecule has 130 valence electrons. The minimum Gasteiger partial charge on any atom is -0.377 e. The summed E-state index contributed by atoms with van der Waals surface area (Å²) in [5.74, 6) is 0.561. The van der Waals surface area contributed by atoms with Gasteiger partial charge in [0.15, 0.2) is 0 Å². The van der Waals surface area contributed by atoms with Gasteiger partial charge < -0.3 is 9.53 Å². The standard InChI is InChI=1S/C20H38O2/c1-5-6-7-8-9-10-11-12-18-13-14-19(2,3)17-20(18,22-4)15-16-21/h16,18H,5-15,17H2,1-4H3. The molecule has 0 bridgehead atoms. The van der Waals surface area contributed by atoms with Crippen LogP contribution < -0.4 is 0 Å². The van der Waals surface area contributed by atoms with Gasteiger partial charge in [-0.05, 0) is 37.0 Å². The molecule has 0 saturated heterocycles. The van der Waals surface area contributed by atoms with Gasteiger partial charge in [-0.3, -0.25) is 0 Å². The number of rotatable bonds is 11. The molecule has 0 spiro atoms. The van der Waals surface area contributed by atoms with Gasteiger partial charge in [0.25, 0.3) is 0 Å². The van der Waals surface area contributed by atoms with Gasteiger partial charge in [0.2, 0.25) is 0 Å². The minimum atomic E-state index is -0.203. The Morgan fingerprint density at radius 1 is 1.09 bits per heavy atom. The maximum atomic E-state index is 11.2. The fraction of sp³-hybridized carbons (Fsp3) is 0.950. The number of ether oxygens (including phenoxy) is 1. The first-order chi connectivity index (χ1) is 10.5. The Labute approximate surface area is 138 Å². The number of unbranched alkanes of at least 4 members (excludes halogenated alkanes) is 6. The van der Waals surface area contributed by atoms with E-state index in [1.807, 2.05) is 7.11 Å². The van der Waals surface area contributed by atoms with Gasteiger partial charge in [-0.1, -0.05) is 65.7 Å². The molecule has 0 N–H and O–H groups in total. The van der Waals surface area contributed by atoms with Crippen molar-refractivity contribution < 1.29 is 9.53 Å². The van der Waals surface area contributed by atoms with E-state index < -0.39 is 0 Å². The number of hydrogen-bond donors (Lipinski definition) is 0. The third kappa shape index (κ3) is 6.02. The molecule has 0 aromatic heterocycles. The van der Waals surface area contributed by atoms with Crippen LogP contribution in [0.4, 0.5) is 0 Å². The summed E-state index contributed by atoms with van der Waals surface area (Å²) >= 11 is 0. The molecule has 1 saturated carbocycles. The van der Waals surface area contributed by atoms with Gasteiger partial charge in [0, 0.05) is 13.5 Å². The Kier molecular flexibility index (Phi) is 8.67. The molecule has 0 aliphatic heterocycles. The lowest BCUT2D eigenvalue weighted by Gasteiger charge is -2.49. The highest BCUT2D eigenvalue weighted by molar-refractivity contribution is 5.51. The molecule has 2 unspecified atom stereocenters. The maximum Gasteiger partial charge on any atom is 0.122 e. The van der Waals surface area contributed by atoms with Crippen LogP contribution in [0.2, 0.25) is 0 Å². The van der Waals surface area contributed by atoms with Crippen LogP contribution in [0, 0.1) is 11.3 Å². The smallest absolute Gasteiger partial charge is 0.122 e. The summed E-state index contributed by atoms with van der Waals surface area (Å²) in [4.78, 5) is 11.2. The summed E-state index contributed by atoms with van der Waals surface area (Å²) in [6.07, 6.45) is 15.8. The van der Waals surface area contributed by atoms with Crippen LogP contribution >= 0.6 is 0 Å². The van der Waals surface area contributed by atoms with Crippen molar-refractivity contribution in [1.82, 2.24) is 0 Å². The second-order valence-electron chi connectivity index (χ2n) is 8.13. The highest BCUT2D eigenvalue weighted by Gasteiger charge is 2.46. The lowest BCUT2D eigenvalue weighted by atomic mass is 9.62. The molecule has 1 fully saturated rings. The van der Waals surface area contributed by atoms with Gasteiger partial charge in [-0.15, -0.1) is 0 Å². The van der Waals surface area contributed by atoms with E-state index in [2.05, 4.69) is 20.8 Å². The molecular formula is C20H38O2. The predicted octanol–water partition coefficient (Wildman–Crippen LogP) is 5.93. The number of hydrogen-bond acceptors (Lipinski definition) is 2. The summed E-state index contributed by atoms with van der Waals surface area (Å²) in [6.45, 7) is 6.90. The summed E-state index contributed by atoms with van der Waals surface area (Å²) in [7, 11) is 1.81. The highest BCUT2D eigenvalue weighted by Crippen LogP contribution is 2.49. The Bertz CT molecular complexity index is 311. The minimum absolute atomic E-state index is 0.203. The Hall–Kier alpha value is -0.370. The first-order valence-electron chi connectivity index (χ1n) is 9.48. The molecule has 1 aliphatic carbocycles. The molecule has 1 aliphatic rings. The third-order valence-corrected chi connectivity index (χ3v) is 5.68. The molecule has 0 heterocycles. The van der Waals surface area contributed by atoms with E-state index in [1.54, 1.807) is 0 Å². The van der Waals surface area contributed by atoms with Crippen molar-refractivity contribution in [2.75, 3.05) is 7.11 Å². The first kappa shape index (κ1) is 19.7.